The largest absolute Gasteiger partial charge is 0.361 e. The van der Waals surface area contributed by atoms with Crippen LogP contribution in [-0.2, 0) is 12.8 Å². The molecule has 6 heteroatoms. The Hall–Kier alpha value is -1.54. The van der Waals surface area contributed by atoms with Gasteiger partial charge in [-0.25, -0.2) is 0 Å². The number of halogens is 1. The number of nitrogens with one attached hydrogen (secondary N) is 2. The van der Waals surface area contributed by atoms with Gasteiger partial charge >= 0.3 is 0 Å². The van der Waals surface area contributed by atoms with Crippen LogP contribution in [0.3, 0.4) is 0 Å². The van der Waals surface area contributed by atoms with E-state index < -0.39 is 0 Å². The summed E-state index contributed by atoms with van der Waals surface area (Å²) in [6, 6.07) is 12.8. The first-order chi connectivity index (χ1) is 12.3. The SMILES string of the molecule is CN=C(NCCCc1c[nH]c2ccccc12)N(C)CCc1cccs1.I. The third-order valence-corrected chi connectivity index (χ3v) is 5.36. The van der Waals surface area contributed by atoms with Crippen LogP contribution in [0.25, 0.3) is 10.9 Å². The molecule has 1 aromatic carbocycles. The third-order valence-electron chi connectivity index (χ3n) is 4.43. The van der Waals surface area contributed by atoms with E-state index in [-0.39, 0.29) is 24.0 Å². The lowest BCUT2D eigenvalue weighted by atomic mass is 10.1. The molecule has 0 aliphatic heterocycles. The molecule has 140 valence electrons. The van der Waals surface area contributed by atoms with Gasteiger partial charge in [0.15, 0.2) is 5.96 Å². The van der Waals surface area contributed by atoms with Crippen molar-refractivity contribution < 1.29 is 0 Å². The molecule has 0 saturated carbocycles. The number of likely N-dealkylation sites (N-methyl/N-ethyl adjacent to an activating group) is 1. The Morgan fingerprint density at radius 2 is 2.04 bits per heavy atom. The van der Waals surface area contributed by atoms with Crippen LogP contribution in [0.5, 0.6) is 0 Å². The molecular formula is C20H27IN4S. The van der Waals surface area contributed by atoms with Crippen LogP contribution in [0, 0.1) is 0 Å². The zero-order chi connectivity index (χ0) is 17.5. The molecule has 0 atom stereocenters. The summed E-state index contributed by atoms with van der Waals surface area (Å²) in [5.41, 5.74) is 2.60. The smallest absolute Gasteiger partial charge is 0.193 e. The molecule has 0 aliphatic carbocycles. The molecule has 0 spiro atoms. The highest BCUT2D eigenvalue weighted by molar-refractivity contribution is 14.0. The van der Waals surface area contributed by atoms with Gasteiger partial charge in [0.2, 0.25) is 0 Å². The maximum atomic E-state index is 4.40. The van der Waals surface area contributed by atoms with E-state index in [1.54, 1.807) is 0 Å². The van der Waals surface area contributed by atoms with Crippen molar-refractivity contribution in [3.8, 4) is 0 Å². The van der Waals surface area contributed by atoms with Gasteiger partial charge < -0.3 is 15.2 Å². The number of hydrogen-bond donors (Lipinski definition) is 2. The number of para-hydroxylation sites is 1. The molecule has 4 nitrogen and oxygen atoms in total. The molecule has 26 heavy (non-hydrogen) atoms. The van der Waals surface area contributed by atoms with Gasteiger partial charge in [-0.3, -0.25) is 4.99 Å². The lowest BCUT2D eigenvalue weighted by Crippen LogP contribution is -2.40. The highest BCUT2D eigenvalue weighted by Crippen LogP contribution is 2.18. The Balaban J connectivity index is 0.00000243. The lowest BCUT2D eigenvalue weighted by Gasteiger charge is -2.21. The van der Waals surface area contributed by atoms with E-state index in [4.69, 9.17) is 0 Å². The number of aromatic nitrogens is 1. The van der Waals surface area contributed by atoms with E-state index in [0.29, 0.717) is 0 Å². The Kier molecular flexibility index (Phi) is 8.44. The second-order valence-corrected chi connectivity index (χ2v) is 7.22. The molecule has 0 bridgehead atoms. The van der Waals surface area contributed by atoms with Gasteiger partial charge in [0, 0.05) is 49.2 Å². The van der Waals surface area contributed by atoms with Crippen LogP contribution in [0.15, 0.2) is 53.0 Å². The van der Waals surface area contributed by atoms with Gasteiger partial charge in [0.05, 0.1) is 0 Å². The molecule has 2 N–H and O–H groups in total. The predicted octanol–water partition coefficient (Wildman–Crippen LogP) is 4.53. The second kappa shape index (κ2) is 10.6. The Labute approximate surface area is 176 Å². The van der Waals surface area contributed by atoms with Crippen molar-refractivity contribution in [1.82, 2.24) is 15.2 Å². The van der Waals surface area contributed by atoms with Gasteiger partial charge in [-0.1, -0.05) is 24.3 Å². The Morgan fingerprint density at radius 1 is 1.19 bits per heavy atom. The summed E-state index contributed by atoms with van der Waals surface area (Å²) in [5, 5.41) is 6.94. The highest BCUT2D eigenvalue weighted by Gasteiger charge is 2.07. The molecule has 0 unspecified atom stereocenters. The lowest BCUT2D eigenvalue weighted by molar-refractivity contribution is 0.485. The van der Waals surface area contributed by atoms with E-state index in [0.717, 1.165) is 38.3 Å². The van der Waals surface area contributed by atoms with Crippen molar-refractivity contribution in [2.45, 2.75) is 19.3 Å². The average molecular weight is 482 g/mol. The number of aryl methyl sites for hydroxylation is 1. The number of benzene rings is 1. The molecule has 2 aromatic heterocycles. The first kappa shape index (κ1) is 20.8. The number of H-pyrrole nitrogens is 1. The predicted molar refractivity (Wildman–Crippen MR) is 124 cm³/mol. The maximum Gasteiger partial charge on any atom is 0.193 e. The first-order valence-electron chi connectivity index (χ1n) is 8.77. The molecule has 0 aliphatic rings. The minimum Gasteiger partial charge on any atom is -0.361 e. The Morgan fingerprint density at radius 3 is 2.81 bits per heavy atom. The van der Waals surface area contributed by atoms with Gasteiger partial charge in [-0.2, -0.15) is 0 Å². The molecule has 3 aromatic rings. The van der Waals surface area contributed by atoms with Crippen molar-refractivity contribution in [2.24, 2.45) is 4.99 Å². The van der Waals surface area contributed by atoms with Gasteiger partial charge in [-0.15, -0.1) is 35.3 Å². The number of hydrogen-bond acceptors (Lipinski definition) is 2. The quantitative estimate of drug-likeness (QED) is 0.225. The van der Waals surface area contributed by atoms with Gasteiger partial charge in [0.25, 0.3) is 0 Å². The summed E-state index contributed by atoms with van der Waals surface area (Å²) in [6.07, 6.45) is 5.34. The summed E-state index contributed by atoms with van der Waals surface area (Å²) in [6.45, 7) is 1.90. The van der Waals surface area contributed by atoms with Crippen LogP contribution in [0.1, 0.15) is 16.9 Å². The Bertz CT molecular complexity index is 810. The zero-order valence-corrected chi connectivity index (χ0v) is 18.5. The van der Waals surface area contributed by atoms with Crippen molar-refractivity contribution in [2.75, 3.05) is 27.2 Å². The fourth-order valence-corrected chi connectivity index (χ4v) is 3.74. The van der Waals surface area contributed by atoms with Crippen molar-refractivity contribution in [1.29, 1.82) is 0 Å². The van der Waals surface area contributed by atoms with E-state index in [1.807, 2.05) is 18.4 Å². The standard InChI is InChI=1S/C20H26N4S.HI/c1-21-20(24(2)13-11-17-8-6-14-25-17)22-12-5-7-16-15-23-19-10-4-3-9-18(16)19;/h3-4,6,8-10,14-15,23H,5,7,11-13H2,1-2H3,(H,21,22);1H. The molecule has 2 heterocycles. The number of fused-ring (bicyclic) bond motifs is 1. The maximum absolute atomic E-state index is 4.40. The van der Waals surface area contributed by atoms with Crippen molar-refractivity contribution in [3.63, 3.8) is 0 Å². The number of nitrogens with zero attached hydrogens (tertiary/aromatic N) is 2. The molecule has 0 saturated heterocycles. The van der Waals surface area contributed by atoms with E-state index in [1.165, 1.54) is 21.3 Å². The zero-order valence-electron chi connectivity index (χ0n) is 15.4. The van der Waals surface area contributed by atoms with E-state index in [2.05, 4.69) is 75.2 Å². The second-order valence-electron chi connectivity index (χ2n) is 6.19. The summed E-state index contributed by atoms with van der Waals surface area (Å²) >= 11 is 1.82. The van der Waals surface area contributed by atoms with Crippen molar-refractivity contribution >= 4 is 52.2 Å². The molecule has 0 amide bonds. The van der Waals surface area contributed by atoms with Crippen LogP contribution in [0.2, 0.25) is 0 Å². The average Bonchev–Trinajstić information content (AvgIpc) is 3.30. The summed E-state index contributed by atoms with van der Waals surface area (Å²) < 4.78 is 0. The molecule has 3 rings (SSSR count). The fraction of sp³-hybridized carbons (Fsp3) is 0.350. The summed E-state index contributed by atoms with van der Waals surface area (Å²) in [4.78, 5) is 11.4. The number of rotatable bonds is 7. The molecule has 0 radical (unpaired) electrons. The first-order valence-corrected chi connectivity index (χ1v) is 9.65. The monoisotopic (exact) mass is 482 g/mol. The van der Waals surface area contributed by atoms with Crippen LogP contribution >= 0.6 is 35.3 Å². The van der Waals surface area contributed by atoms with Crippen LogP contribution in [-0.4, -0.2) is 43.0 Å². The number of aliphatic imine (C=N–C) groups is 1. The van der Waals surface area contributed by atoms with Crippen LogP contribution in [0.4, 0.5) is 0 Å². The van der Waals surface area contributed by atoms with Crippen molar-refractivity contribution in [3.05, 3.63) is 58.4 Å². The fourth-order valence-electron chi connectivity index (χ4n) is 3.04. The summed E-state index contributed by atoms with van der Waals surface area (Å²) in [7, 11) is 3.95. The number of guanidine groups is 1. The normalized spacial score (nSPS) is 11.4. The minimum absolute atomic E-state index is 0. The third kappa shape index (κ3) is 5.48. The number of aromatic amines is 1. The van der Waals surface area contributed by atoms with Gasteiger partial charge in [0.1, 0.15) is 0 Å². The minimum atomic E-state index is 0. The topological polar surface area (TPSA) is 43.4 Å². The molecular weight excluding hydrogens is 455 g/mol. The molecule has 0 fully saturated rings. The van der Waals surface area contributed by atoms with E-state index >= 15 is 0 Å². The highest BCUT2D eigenvalue weighted by atomic mass is 127. The number of thiophene rings is 1. The van der Waals surface area contributed by atoms with Crippen LogP contribution < -0.4 is 5.32 Å². The van der Waals surface area contributed by atoms with Gasteiger partial charge in [-0.05, 0) is 42.3 Å². The summed E-state index contributed by atoms with van der Waals surface area (Å²) in [5.74, 6) is 0.968. The van der Waals surface area contributed by atoms with E-state index in [9.17, 15) is 0 Å².